The molecule has 0 aliphatic heterocycles. The highest BCUT2D eigenvalue weighted by molar-refractivity contribution is 5.96. The number of carbonyl (C=O) groups is 1. The molecule has 0 radical (unpaired) electrons. The van der Waals surface area contributed by atoms with Crippen molar-refractivity contribution in [1.29, 1.82) is 0 Å². The second-order valence-electron chi connectivity index (χ2n) is 4.47. The van der Waals surface area contributed by atoms with E-state index in [4.69, 9.17) is 0 Å². The van der Waals surface area contributed by atoms with Gasteiger partial charge in [0.1, 0.15) is 11.6 Å². The fraction of sp³-hybridized carbons (Fsp3) is 0.462. The molecule has 1 saturated carbocycles. The van der Waals surface area contributed by atoms with Crippen LogP contribution >= 0.6 is 0 Å². The van der Waals surface area contributed by atoms with Gasteiger partial charge in [-0.3, -0.25) is 4.79 Å². The van der Waals surface area contributed by atoms with E-state index in [-0.39, 0.29) is 17.4 Å². The fourth-order valence-corrected chi connectivity index (χ4v) is 2.20. The largest absolute Gasteiger partial charge is 0.507 e. The predicted molar refractivity (Wildman–Crippen MR) is 62.4 cm³/mol. The maximum atomic E-state index is 13.0. The minimum absolute atomic E-state index is 0.00979. The second kappa shape index (κ2) is 5.17. The summed E-state index contributed by atoms with van der Waals surface area (Å²) in [5, 5.41) is 12.3. The Balaban J connectivity index is 2.05. The van der Waals surface area contributed by atoms with Gasteiger partial charge in [0.2, 0.25) is 0 Å². The maximum Gasteiger partial charge on any atom is 0.255 e. The van der Waals surface area contributed by atoms with E-state index in [0.29, 0.717) is 0 Å². The topological polar surface area (TPSA) is 49.3 Å². The zero-order chi connectivity index (χ0) is 12.3. The van der Waals surface area contributed by atoms with Crippen LogP contribution in [-0.4, -0.2) is 17.1 Å². The third-order valence-electron chi connectivity index (χ3n) is 3.14. The third kappa shape index (κ3) is 2.96. The van der Waals surface area contributed by atoms with E-state index in [2.05, 4.69) is 5.32 Å². The summed E-state index contributed by atoms with van der Waals surface area (Å²) in [6.45, 7) is 0. The first-order chi connectivity index (χ1) is 8.16. The van der Waals surface area contributed by atoms with Gasteiger partial charge in [-0.15, -0.1) is 0 Å². The summed E-state index contributed by atoms with van der Waals surface area (Å²) in [5.74, 6) is -1.09. The van der Waals surface area contributed by atoms with E-state index < -0.39 is 11.7 Å². The number of hydrogen-bond acceptors (Lipinski definition) is 2. The number of rotatable bonds is 2. The van der Waals surface area contributed by atoms with Crippen molar-refractivity contribution in [2.24, 2.45) is 0 Å². The molecule has 1 amide bonds. The predicted octanol–water partition coefficient (Wildman–Crippen LogP) is 2.59. The minimum atomic E-state index is -0.517. The van der Waals surface area contributed by atoms with Crippen molar-refractivity contribution in [3.05, 3.63) is 29.6 Å². The molecule has 1 aliphatic rings. The average molecular weight is 237 g/mol. The van der Waals surface area contributed by atoms with E-state index in [1.165, 1.54) is 12.5 Å². The smallest absolute Gasteiger partial charge is 0.255 e. The second-order valence-corrected chi connectivity index (χ2v) is 4.47. The molecule has 0 spiro atoms. The number of amides is 1. The van der Waals surface area contributed by atoms with Gasteiger partial charge in [-0.05, 0) is 31.0 Å². The van der Waals surface area contributed by atoms with E-state index >= 15 is 0 Å². The number of phenols is 1. The molecule has 3 nitrogen and oxygen atoms in total. The van der Waals surface area contributed by atoms with Gasteiger partial charge >= 0.3 is 0 Å². The van der Waals surface area contributed by atoms with E-state index in [0.717, 1.165) is 37.8 Å². The zero-order valence-electron chi connectivity index (χ0n) is 9.58. The van der Waals surface area contributed by atoms with Gasteiger partial charge in [-0.1, -0.05) is 19.3 Å². The number of benzene rings is 1. The lowest BCUT2D eigenvalue weighted by molar-refractivity contribution is 0.0924. The normalized spacial score (nSPS) is 16.8. The number of nitrogens with one attached hydrogen (secondary N) is 1. The molecule has 0 heterocycles. The first-order valence-corrected chi connectivity index (χ1v) is 5.96. The standard InChI is InChI=1S/C13H16FNO2/c14-9-6-7-12(16)11(8-9)13(17)15-10-4-2-1-3-5-10/h6-8,10,16H,1-5H2,(H,15,17). The Morgan fingerprint density at radius 2 is 2.00 bits per heavy atom. The van der Waals surface area contributed by atoms with Crippen LogP contribution in [0.1, 0.15) is 42.5 Å². The highest BCUT2D eigenvalue weighted by Gasteiger charge is 2.18. The van der Waals surface area contributed by atoms with Gasteiger partial charge in [0.05, 0.1) is 5.56 Å². The van der Waals surface area contributed by atoms with Crippen molar-refractivity contribution < 1.29 is 14.3 Å². The molecule has 17 heavy (non-hydrogen) atoms. The Morgan fingerprint density at radius 3 is 2.71 bits per heavy atom. The van der Waals surface area contributed by atoms with Crippen LogP contribution in [0.4, 0.5) is 4.39 Å². The van der Waals surface area contributed by atoms with Crippen LogP contribution < -0.4 is 5.32 Å². The Morgan fingerprint density at radius 1 is 1.29 bits per heavy atom. The molecule has 1 fully saturated rings. The Hall–Kier alpha value is -1.58. The number of phenolic OH excluding ortho intramolecular Hbond substituents is 1. The summed E-state index contributed by atoms with van der Waals surface area (Å²) in [7, 11) is 0. The van der Waals surface area contributed by atoms with Crippen molar-refractivity contribution in [2.75, 3.05) is 0 Å². The quantitative estimate of drug-likeness (QED) is 0.830. The Bertz CT molecular complexity index is 414. The lowest BCUT2D eigenvalue weighted by Crippen LogP contribution is -2.36. The molecule has 0 atom stereocenters. The molecule has 4 heteroatoms. The highest BCUT2D eigenvalue weighted by atomic mass is 19.1. The van der Waals surface area contributed by atoms with E-state index in [1.807, 2.05) is 0 Å². The van der Waals surface area contributed by atoms with Crippen LogP contribution in [0.3, 0.4) is 0 Å². The average Bonchev–Trinajstić information content (AvgIpc) is 2.33. The SMILES string of the molecule is O=C(NC1CCCCC1)c1cc(F)ccc1O. The molecule has 1 aliphatic carbocycles. The van der Waals surface area contributed by atoms with Crippen LogP contribution in [-0.2, 0) is 0 Å². The van der Waals surface area contributed by atoms with Gasteiger partial charge in [-0.2, -0.15) is 0 Å². The van der Waals surface area contributed by atoms with Gasteiger partial charge in [0, 0.05) is 6.04 Å². The fourth-order valence-electron chi connectivity index (χ4n) is 2.20. The first-order valence-electron chi connectivity index (χ1n) is 5.96. The van der Waals surface area contributed by atoms with Crippen molar-refractivity contribution in [3.63, 3.8) is 0 Å². The summed E-state index contributed by atoms with van der Waals surface area (Å²) < 4.78 is 13.0. The Labute approximate surface area is 99.7 Å². The number of hydrogen-bond donors (Lipinski definition) is 2. The summed E-state index contributed by atoms with van der Waals surface area (Å²) in [5.41, 5.74) is 0.00979. The van der Waals surface area contributed by atoms with Crippen LogP contribution in [0.5, 0.6) is 5.75 Å². The lowest BCUT2D eigenvalue weighted by Gasteiger charge is -2.22. The summed E-state index contributed by atoms with van der Waals surface area (Å²) in [6.07, 6.45) is 5.35. The number of halogens is 1. The van der Waals surface area contributed by atoms with Gasteiger partial charge in [0.25, 0.3) is 5.91 Å². The lowest BCUT2D eigenvalue weighted by atomic mass is 9.95. The van der Waals surface area contributed by atoms with Crippen LogP contribution in [0.25, 0.3) is 0 Å². The van der Waals surface area contributed by atoms with Gasteiger partial charge in [-0.25, -0.2) is 4.39 Å². The monoisotopic (exact) mass is 237 g/mol. The molecule has 0 bridgehead atoms. The van der Waals surface area contributed by atoms with Gasteiger partial charge in [0.15, 0.2) is 0 Å². The zero-order valence-corrected chi connectivity index (χ0v) is 9.58. The van der Waals surface area contributed by atoms with Crippen LogP contribution in [0, 0.1) is 5.82 Å². The molecule has 1 aromatic rings. The minimum Gasteiger partial charge on any atom is -0.507 e. The van der Waals surface area contributed by atoms with Crippen molar-refractivity contribution in [2.45, 2.75) is 38.1 Å². The van der Waals surface area contributed by atoms with Crippen molar-refractivity contribution >= 4 is 5.91 Å². The number of aromatic hydroxyl groups is 1. The molecule has 0 aromatic heterocycles. The molecule has 2 rings (SSSR count). The van der Waals surface area contributed by atoms with Crippen molar-refractivity contribution in [3.8, 4) is 5.75 Å². The molecular weight excluding hydrogens is 221 g/mol. The highest BCUT2D eigenvalue weighted by Crippen LogP contribution is 2.21. The molecule has 0 unspecified atom stereocenters. The molecular formula is C13H16FNO2. The molecule has 0 saturated heterocycles. The van der Waals surface area contributed by atoms with Crippen LogP contribution in [0.15, 0.2) is 18.2 Å². The maximum absolute atomic E-state index is 13.0. The van der Waals surface area contributed by atoms with Crippen molar-refractivity contribution in [1.82, 2.24) is 5.32 Å². The summed E-state index contributed by atoms with van der Waals surface area (Å²) in [4.78, 5) is 11.8. The summed E-state index contributed by atoms with van der Waals surface area (Å²) in [6, 6.07) is 3.55. The van der Waals surface area contributed by atoms with E-state index in [1.54, 1.807) is 0 Å². The number of carbonyl (C=O) groups excluding carboxylic acids is 1. The van der Waals surface area contributed by atoms with Crippen LogP contribution in [0.2, 0.25) is 0 Å². The van der Waals surface area contributed by atoms with Gasteiger partial charge < -0.3 is 10.4 Å². The molecule has 2 N–H and O–H groups in total. The molecule has 1 aromatic carbocycles. The first kappa shape index (κ1) is 11.9. The van der Waals surface area contributed by atoms with E-state index in [9.17, 15) is 14.3 Å². The molecule has 92 valence electrons. The Kier molecular flexibility index (Phi) is 3.61. The summed E-state index contributed by atoms with van der Waals surface area (Å²) >= 11 is 0. The third-order valence-corrected chi connectivity index (χ3v) is 3.14.